The summed E-state index contributed by atoms with van der Waals surface area (Å²) in [7, 11) is 0. The molecule has 24 heavy (non-hydrogen) atoms. The number of nitrogens with one attached hydrogen (secondary N) is 1. The van der Waals surface area contributed by atoms with Gasteiger partial charge in [-0.05, 0) is 30.2 Å². The van der Waals surface area contributed by atoms with Crippen LogP contribution in [0.15, 0.2) is 53.4 Å². The van der Waals surface area contributed by atoms with E-state index in [4.69, 9.17) is 5.73 Å². The third-order valence-electron chi connectivity index (χ3n) is 3.28. The molecule has 0 aliphatic heterocycles. The average Bonchev–Trinajstić information content (AvgIpc) is 2.56. The Morgan fingerprint density at radius 1 is 1.04 bits per heavy atom. The molecule has 2 amide bonds. The largest absolute Gasteiger partial charge is 0.369 e. The molecule has 0 aliphatic rings. The van der Waals surface area contributed by atoms with Crippen LogP contribution in [-0.2, 0) is 15.3 Å². The molecule has 3 N–H and O–H groups in total. The summed E-state index contributed by atoms with van der Waals surface area (Å²) in [6.07, 6.45) is 0. The number of carbonyl (C=O) groups is 2. The molecule has 2 rings (SSSR count). The molecular weight excluding hydrogens is 340 g/mol. The SMILES string of the molecule is Cc1ccccc1CSCC(=O)Nc1ccccc1SCC(N)=O. The van der Waals surface area contributed by atoms with Gasteiger partial charge in [-0.3, -0.25) is 9.59 Å². The van der Waals surface area contributed by atoms with Gasteiger partial charge in [0, 0.05) is 10.6 Å². The van der Waals surface area contributed by atoms with Crippen molar-refractivity contribution in [3.63, 3.8) is 0 Å². The quantitative estimate of drug-likeness (QED) is 0.707. The van der Waals surface area contributed by atoms with Crippen molar-refractivity contribution in [2.45, 2.75) is 17.6 Å². The molecule has 0 saturated carbocycles. The van der Waals surface area contributed by atoms with Crippen molar-refractivity contribution in [3.8, 4) is 0 Å². The van der Waals surface area contributed by atoms with Gasteiger partial charge in [0.1, 0.15) is 0 Å². The van der Waals surface area contributed by atoms with Gasteiger partial charge in [-0.25, -0.2) is 0 Å². The summed E-state index contributed by atoms with van der Waals surface area (Å²) < 4.78 is 0. The first kappa shape index (κ1) is 18.4. The van der Waals surface area contributed by atoms with Crippen LogP contribution in [0.4, 0.5) is 5.69 Å². The van der Waals surface area contributed by atoms with Gasteiger partial charge < -0.3 is 11.1 Å². The second-order valence-electron chi connectivity index (χ2n) is 5.22. The molecule has 2 aromatic carbocycles. The molecule has 0 fully saturated rings. The highest BCUT2D eigenvalue weighted by atomic mass is 32.2. The first-order valence-corrected chi connectivity index (χ1v) is 9.62. The molecule has 0 saturated heterocycles. The average molecular weight is 361 g/mol. The first-order valence-electron chi connectivity index (χ1n) is 7.48. The van der Waals surface area contributed by atoms with E-state index < -0.39 is 0 Å². The smallest absolute Gasteiger partial charge is 0.234 e. The van der Waals surface area contributed by atoms with Crippen molar-refractivity contribution in [1.82, 2.24) is 0 Å². The molecular formula is C18H20N2O2S2. The maximum absolute atomic E-state index is 12.1. The molecule has 126 valence electrons. The molecule has 0 unspecified atom stereocenters. The van der Waals surface area contributed by atoms with Crippen LogP contribution in [-0.4, -0.2) is 23.3 Å². The summed E-state index contributed by atoms with van der Waals surface area (Å²) in [6.45, 7) is 2.07. The number of hydrogen-bond donors (Lipinski definition) is 2. The molecule has 0 radical (unpaired) electrons. The fourth-order valence-corrected chi connectivity index (χ4v) is 3.71. The van der Waals surface area contributed by atoms with E-state index in [9.17, 15) is 9.59 Å². The van der Waals surface area contributed by atoms with E-state index >= 15 is 0 Å². The van der Waals surface area contributed by atoms with E-state index in [1.165, 1.54) is 22.9 Å². The van der Waals surface area contributed by atoms with Gasteiger partial charge in [0.2, 0.25) is 11.8 Å². The monoisotopic (exact) mass is 360 g/mol. The Labute approximate surface area is 150 Å². The number of hydrogen-bond acceptors (Lipinski definition) is 4. The van der Waals surface area contributed by atoms with Crippen LogP contribution in [0, 0.1) is 6.92 Å². The van der Waals surface area contributed by atoms with E-state index in [1.807, 2.05) is 36.4 Å². The fourth-order valence-electron chi connectivity index (χ4n) is 2.06. The Balaban J connectivity index is 1.86. The van der Waals surface area contributed by atoms with Gasteiger partial charge in [-0.1, -0.05) is 36.4 Å². The van der Waals surface area contributed by atoms with Crippen molar-refractivity contribution in [1.29, 1.82) is 0 Å². The van der Waals surface area contributed by atoms with Crippen LogP contribution in [0.3, 0.4) is 0 Å². The molecule has 0 spiro atoms. The van der Waals surface area contributed by atoms with E-state index in [0.29, 0.717) is 11.4 Å². The Morgan fingerprint density at radius 3 is 2.50 bits per heavy atom. The lowest BCUT2D eigenvalue weighted by molar-refractivity contribution is -0.115. The van der Waals surface area contributed by atoms with Crippen molar-refractivity contribution >= 4 is 41.0 Å². The normalized spacial score (nSPS) is 10.4. The summed E-state index contributed by atoms with van der Waals surface area (Å²) in [5.74, 6) is 0.937. The molecule has 0 aromatic heterocycles. The number of aryl methyl sites for hydroxylation is 1. The Kier molecular flexibility index (Phi) is 7.21. The second kappa shape index (κ2) is 9.39. The zero-order chi connectivity index (χ0) is 17.4. The zero-order valence-corrected chi connectivity index (χ0v) is 15.1. The zero-order valence-electron chi connectivity index (χ0n) is 13.5. The van der Waals surface area contributed by atoms with E-state index in [-0.39, 0.29) is 17.6 Å². The number of benzene rings is 2. The predicted molar refractivity (Wildman–Crippen MR) is 102 cm³/mol. The lowest BCUT2D eigenvalue weighted by atomic mass is 10.1. The maximum Gasteiger partial charge on any atom is 0.234 e. The van der Waals surface area contributed by atoms with Crippen LogP contribution in [0.1, 0.15) is 11.1 Å². The summed E-state index contributed by atoms with van der Waals surface area (Å²) in [5, 5.41) is 2.90. The minimum absolute atomic E-state index is 0.0549. The summed E-state index contributed by atoms with van der Waals surface area (Å²) in [6, 6.07) is 15.6. The highest BCUT2D eigenvalue weighted by molar-refractivity contribution is 8.00. The lowest BCUT2D eigenvalue weighted by Crippen LogP contribution is -2.16. The number of nitrogens with two attached hydrogens (primary N) is 1. The van der Waals surface area contributed by atoms with Crippen LogP contribution in [0.2, 0.25) is 0 Å². The molecule has 0 heterocycles. The van der Waals surface area contributed by atoms with Gasteiger partial charge in [0.15, 0.2) is 0 Å². The summed E-state index contributed by atoms with van der Waals surface area (Å²) in [5.41, 5.74) is 8.37. The van der Waals surface area contributed by atoms with E-state index in [0.717, 1.165) is 10.6 Å². The van der Waals surface area contributed by atoms with Crippen LogP contribution in [0.5, 0.6) is 0 Å². The van der Waals surface area contributed by atoms with Gasteiger partial charge in [0.05, 0.1) is 17.2 Å². The molecule has 0 bridgehead atoms. The third kappa shape index (κ3) is 5.94. The molecule has 0 aliphatic carbocycles. The maximum atomic E-state index is 12.1. The third-order valence-corrected chi connectivity index (χ3v) is 5.36. The number of para-hydroxylation sites is 1. The standard InChI is InChI=1S/C18H20N2O2S2/c1-13-6-2-3-7-14(13)10-23-12-18(22)20-15-8-4-5-9-16(15)24-11-17(19)21/h2-9H,10-12H2,1H3,(H2,19,21)(H,20,22). The second-order valence-corrected chi connectivity index (χ2v) is 7.22. The molecule has 6 heteroatoms. The molecule has 4 nitrogen and oxygen atoms in total. The lowest BCUT2D eigenvalue weighted by Gasteiger charge is -2.10. The number of primary amides is 1. The predicted octanol–water partition coefficient (Wildman–Crippen LogP) is 3.44. The first-order chi connectivity index (χ1) is 11.6. The fraction of sp³-hybridized carbons (Fsp3) is 0.222. The van der Waals surface area contributed by atoms with Crippen molar-refractivity contribution in [2.75, 3.05) is 16.8 Å². The number of carbonyl (C=O) groups excluding carboxylic acids is 2. The number of rotatable bonds is 8. The minimum atomic E-state index is -0.380. The Bertz CT molecular complexity index is 720. The number of thioether (sulfide) groups is 2. The van der Waals surface area contributed by atoms with Crippen molar-refractivity contribution in [3.05, 3.63) is 59.7 Å². The summed E-state index contributed by atoms with van der Waals surface area (Å²) >= 11 is 2.90. The topological polar surface area (TPSA) is 72.2 Å². The van der Waals surface area contributed by atoms with Crippen molar-refractivity contribution < 1.29 is 9.59 Å². The van der Waals surface area contributed by atoms with E-state index in [1.54, 1.807) is 11.8 Å². The van der Waals surface area contributed by atoms with E-state index in [2.05, 4.69) is 24.4 Å². The van der Waals surface area contributed by atoms with Gasteiger partial charge in [-0.15, -0.1) is 23.5 Å². The number of anilines is 1. The Morgan fingerprint density at radius 2 is 1.75 bits per heavy atom. The van der Waals surface area contributed by atoms with Crippen LogP contribution < -0.4 is 11.1 Å². The molecule has 2 aromatic rings. The van der Waals surface area contributed by atoms with Crippen LogP contribution >= 0.6 is 23.5 Å². The number of amides is 2. The van der Waals surface area contributed by atoms with Crippen molar-refractivity contribution in [2.24, 2.45) is 5.73 Å². The van der Waals surface area contributed by atoms with Gasteiger partial charge in [-0.2, -0.15) is 0 Å². The van der Waals surface area contributed by atoms with Gasteiger partial charge >= 0.3 is 0 Å². The highest BCUT2D eigenvalue weighted by Gasteiger charge is 2.08. The Hall–Kier alpha value is -1.92. The van der Waals surface area contributed by atoms with Gasteiger partial charge in [0.25, 0.3) is 0 Å². The molecule has 0 atom stereocenters. The minimum Gasteiger partial charge on any atom is -0.369 e. The highest BCUT2D eigenvalue weighted by Crippen LogP contribution is 2.27. The van der Waals surface area contributed by atoms with Crippen LogP contribution in [0.25, 0.3) is 0 Å². The summed E-state index contributed by atoms with van der Waals surface area (Å²) in [4.78, 5) is 23.9.